The molecule has 1 aliphatic heterocycles. The summed E-state index contributed by atoms with van der Waals surface area (Å²) in [6.07, 6.45) is 0. The number of benzene rings is 1. The number of hydrogen-bond donors (Lipinski definition) is 2. The number of halogens is 2. The third-order valence-electron chi connectivity index (χ3n) is 3.75. The number of fused-ring (bicyclic) bond motifs is 1. The van der Waals surface area contributed by atoms with E-state index >= 15 is 0 Å². The van der Waals surface area contributed by atoms with Gasteiger partial charge in [0.15, 0.2) is 17.5 Å². The lowest BCUT2D eigenvalue weighted by atomic mass is 10.1. The molecule has 2 N–H and O–H groups in total. The van der Waals surface area contributed by atoms with E-state index in [0.717, 1.165) is 0 Å². The molecule has 0 saturated heterocycles. The van der Waals surface area contributed by atoms with Crippen LogP contribution in [0.1, 0.15) is 22.2 Å². The highest BCUT2D eigenvalue weighted by atomic mass is 32.1. The lowest BCUT2D eigenvalue weighted by molar-refractivity contribution is -0.0505. The van der Waals surface area contributed by atoms with Crippen LogP contribution in [0, 0.1) is 6.92 Å². The normalized spacial score (nSPS) is 13.1. The van der Waals surface area contributed by atoms with E-state index in [-0.39, 0.29) is 19.1 Å². The molecule has 0 fully saturated rings. The van der Waals surface area contributed by atoms with Crippen molar-refractivity contribution in [1.82, 2.24) is 10.6 Å². The molecule has 9 heteroatoms. The molecule has 0 atom stereocenters. The molecule has 2 aromatic rings. The number of guanidine groups is 1. The number of hydrogen-bond acceptors (Lipinski definition) is 5. The molecule has 1 aromatic carbocycles. The lowest BCUT2D eigenvalue weighted by Gasteiger charge is -2.13. The maximum atomic E-state index is 12.7. The number of alkyl halides is 2. The van der Waals surface area contributed by atoms with Gasteiger partial charge in [-0.3, -0.25) is 0 Å². The van der Waals surface area contributed by atoms with Crippen LogP contribution in [0.3, 0.4) is 0 Å². The predicted molar refractivity (Wildman–Crippen MR) is 99.9 cm³/mol. The number of ether oxygens (including phenoxy) is 3. The van der Waals surface area contributed by atoms with Gasteiger partial charge in [-0.05, 0) is 32.0 Å². The van der Waals surface area contributed by atoms with Gasteiger partial charge in [0.1, 0.15) is 5.75 Å². The highest BCUT2D eigenvalue weighted by Crippen LogP contribution is 2.39. The number of thiophene rings is 1. The maximum absolute atomic E-state index is 12.7. The molecule has 0 unspecified atom stereocenters. The Morgan fingerprint density at radius 1 is 1.26 bits per heavy atom. The van der Waals surface area contributed by atoms with Gasteiger partial charge in [-0.1, -0.05) is 0 Å². The Hall–Kier alpha value is -2.55. The summed E-state index contributed by atoms with van der Waals surface area (Å²) in [7, 11) is 0. The van der Waals surface area contributed by atoms with Gasteiger partial charge >= 0.3 is 6.61 Å². The Morgan fingerprint density at radius 2 is 2.04 bits per heavy atom. The maximum Gasteiger partial charge on any atom is 0.387 e. The van der Waals surface area contributed by atoms with Crippen molar-refractivity contribution in [3.8, 4) is 17.2 Å². The van der Waals surface area contributed by atoms with Crippen molar-refractivity contribution in [2.24, 2.45) is 4.99 Å². The molecule has 1 aliphatic rings. The number of aliphatic imine (C=N–C) groups is 1. The number of rotatable bonds is 7. The van der Waals surface area contributed by atoms with Crippen molar-refractivity contribution >= 4 is 17.3 Å². The topological polar surface area (TPSA) is 64.1 Å². The van der Waals surface area contributed by atoms with Crippen molar-refractivity contribution in [1.29, 1.82) is 0 Å². The zero-order valence-corrected chi connectivity index (χ0v) is 15.9. The average molecular weight is 397 g/mol. The summed E-state index contributed by atoms with van der Waals surface area (Å²) in [5.74, 6) is 1.50. The molecule has 0 radical (unpaired) electrons. The standard InChI is InChI=1S/C18H21F2N3O3S/c1-3-21-18(23-9-13-5-4-11(2)27-13)22-8-12-6-15-16(25-10-24-15)7-14(12)26-17(19)20/h4-7,17H,3,8-10H2,1-2H3,(H2,21,22,23). The van der Waals surface area contributed by atoms with E-state index in [9.17, 15) is 8.78 Å². The van der Waals surface area contributed by atoms with Crippen LogP contribution in [-0.2, 0) is 13.1 Å². The van der Waals surface area contributed by atoms with E-state index < -0.39 is 6.61 Å². The van der Waals surface area contributed by atoms with Crippen LogP contribution in [0.15, 0.2) is 29.3 Å². The van der Waals surface area contributed by atoms with Gasteiger partial charge in [0.25, 0.3) is 0 Å². The molecule has 0 amide bonds. The van der Waals surface area contributed by atoms with Crippen LogP contribution in [0.4, 0.5) is 8.78 Å². The Kier molecular flexibility index (Phi) is 6.33. The Bertz CT molecular complexity index is 811. The minimum Gasteiger partial charge on any atom is -0.454 e. The minimum absolute atomic E-state index is 0.0303. The molecule has 0 bridgehead atoms. The lowest BCUT2D eigenvalue weighted by Crippen LogP contribution is -2.36. The molecular formula is C18H21F2N3O3S. The highest BCUT2D eigenvalue weighted by Gasteiger charge is 2.20. The molecule has 2 heterocycles. The Balaban J connectivity index is 1.74. The van der Waals surface area contributed by atoms with E-state index in [4.69, 9.17) is 9.47 Å². The Labute approximate surface area is 160 Å². The fraction of sp³-hybridized carbons (Fsp3) is 0.389. The summed E-state index contributed by atoms with van der Waals surface area (Å²) in [5.41, 5.74) is 0.490. The van der Waals surface area contributed by atoms with Crippen LogP contribution >= 0.6 is 11.3 Å². The first-order valence-electron chi connectivity index (χ1n) is 8.50. The molecule has 6 nitrogen and oxygen atoms in total. The second-order valence-corrected chi connectivity index (χ2v) is 7.13. The van der Waals surface area contributed by atoms with Gasteiger partial charge in [-0.25, -0.2) is 4.99 Å². The van der Waals surface area contributed by atoms with Crippen LogP contribution in [-0.4, -0.2) is 25.9 Å². The van der Waals surface area contributed by atoms with Crippen molar-refractivity contribution in [2.45, 2.75) is 33.5 Å². The number of nitrogens with one attached hydrogen (secondary N) is 2. The first-order chi connectivity index (χ1) is 13.0. The fourth-order valence-corrected chi connectivity index (χ4v) is 3.38. The van der Waals surface area contributed by atoms with Crippen LogP contribution in [0.5, 0.6) is 17.2 Å². The summed E-state index contributed by atoms with van der Waals surface area (Å²) in [6, 6.07) is 7.15. The summed E-state index contributed by atoms with van der Waals surface area (Å²) < 4.78 is 40.6. The smallest absolute Gasteiger partial charge is 0.387 e. The zero-order chi connectivity index (χ0) is 19.2. The second kappa shape index (κ2) is 8.90. The van der Waals surface area contributed by atoms with Gasteiger partial charge in [0.05, 0.1) is 13.1 Å². The van der Waals surface area contributed by atoms with Gasteiger partial charge in [-0.15, -0.1) is 11.3 Å². The van der Waals surface area contributed by atoms with E-state index in [1.54, 1.807) is 17.4 Å². The Morgan fingerprint density at radius 3 is 2.70 bits per heavy atom. The minimum atomic E-state index is -2.93. The van der Waals surface area contributed by atoms with E-state index in [1.807, 2.05) is 6.92 Å². The van der Waals surface area contributed by atoms with Gasteiger partial charge in [0, 0.05) is 27.9 Å². The number of nitrogens with zero attached hydrogens (tertiary/aromatic N) is 1. The largest absolute Gasteiger partial charge is 0.454 e. The molecule has 0 saturated carbocycles. The summed E-state index contributed by atoms with van der Waals surface area (Å²) in [4.78, 5) is 6.90. The van der Waals surface area contributed by atoms with Gasteiger partial charge in [-0.2, -0.15) is 8.78 Å². The SMILES string of the molecule is CCNC(=NCc1cc2c(cc1OC(F)F)OCO2)NCc1ccc(C)s1. The van der Waals surface area contributed by atoms with E-state index in [2.05, 4.69) is 39.4 Å². The monoisotopic (exact) mass is 397 g/mol. The molecular weight excluding hydrogens is 376 g/mol. The molecule has 146 valence electrons. The molecule has 1 aromatic heterocycles. The van der Waals surface area contributed by atoms with E-state index in [0.29, 0.717) is 36.1 Å². The highest BCUT2D eigenvalue weighted by molar-refractivity contribution is 7.11. The summed E-state index contributed by atoms with van der Waals surface area (Å²) in [6.45, 7) is 2.60. The molecule has 3 rings (SSSR count). The molecule has 0 aliphatic carbocycles. The van der Waals surface area contributed by atoms with Gasteiger partial charge in [0.2, 0.25) is 6.79 Å². The van der Waals surface area contributed by atoms with Crippen molar-refractivity contribution in [3.63, 3.8) is 0 Å². The summed E-state index contributed by atoms with van der Waals surface area (Å²) in [5, 5.41) is 6.38. The van der Waals surface area contributed by atoms with Crippen molar-refractivity contribution in [2.75, 3.05) is 13.3 Å². The zero-order valence-electron chi connectivity index (χ0n) is 15.1. The molecule has 0 spiro atoms. The van der Waals surface area contributed by atoms with Crippen LogP contribution in [0.25, 0.3) is 0 Å². The second-order valence-electron chi connectivity index (χ2n) is 5.75. The quantitative estimate of drug-likeness (QED) is 0.552. The first-order valence-corrected chi connectivity index (χ1v) is 9.31. The van der Waals surface area contributed by atoms with Crippen molar-refractivity contribution < 1.29 is 23.0 Å². The number of aryl methyl sites for hydroxylation is 1. The summed E-state index contributed by atoms with van der Waals surface area (Å²) >= 11 is 1.71. The third-order valence-corrected chi connectivity index (χ3v) is 4.75. The van der Waals surface area contributed by atoms with Crippen molar-refractivity contribution in [3.05, 3.63) is 39.6 Å². The van der Waals surface area contributed by atoms with Crippen LogP contribution < -0.4 is 24.8 Å². The van der Waals surface area contributed by atoms with Gasteiger partial charge < -0.3 is 24.8 Å². The predicted octanol–water partition coefficient (Wildman–Crippen LogP) is 3.64. The molecule has 27 heavy (non-hydrogen) atoms. The first kappa shape index (κ1) is 19.2. The fourth-order valence-electron chi connectivity index (χ4n) is 2.55. The van der Waals surface area contributed by atoms with Crippen LogP contribution in [0.2, 0.25) is 0 Å². The van der Waals surface area contributed by atoms with E-state index in [1.165, 1.54) is 15.8 Å². The average Bonchev–Trinajstić information content (AvgIpc) is 3.25. The third kappa shape index (κ3) is 5.22.